The fourth-order valence-electron chi connectivity index (χ4n) is 1.27. The third-order valence-corrected chi connectivity index (χ3v) is 2.31. The van der Waals surface area contributed by atoms with Gasteiger partial charge in [-0.3, -0.25) is 0 Å². The number of carbonyl (C=O) groups excluding carboxylic acids is 1. The number of rotatable bonds is 6. The van der Waals surface area contributed by atoms with Gasteiger partial charge in [-0.05, 0) is 19.4 Å². The topological polar surface area (TPSA) is 38.3 Å². The summed E-state index contributed by atoms with van der Waals surface area (Å²) in [5.41, 5.74) is 1.64. The number of ether oxygens (including phenoxy) is 1. The van der Waals surface area contributed by atoms with Crippen molar-refractivity contribution >= 4 is 5.97 Å². The zero-order chi connectivity index (χ0) is 12.7. The molecule has 3 heteroatoms. The maximum atomic E-state index is 11.2. The molecule has 0 saturated carbocycles. The Morgan fingerprint density at radius 2 is 2.06 bits per heavy atom. The van der Waals surface area contributed by atoms with Gasteiger partial charge in [0.2, 0.25) is 0 Å². The maximum absolute atomic E-state index is 11.2. The van der Waals surface area contributed by atoms with E-state index in [1.807, 2.05) is 25.1 Å². The Morgan fingerprint density at radius 3 is 2.65 bits per heavy atom. The van der Waals surface area contributed by atoms with E-state index in [0.717, 1.165) is 6.54 Å². The molecule has 0 spiro atoms. The van der Waals surface area contributed by atoms with Crippen LogP contribution >= 0.6 is 0 Å². The third kappa shape index (κ3) is 5.31. The lowest BCUT2D eigenvalue weighted by molar-refractivity contribution is -0.139. The Bertz CT molecular complexity index is 373. The normalized spacial score (nSPS) is 11.9. The number of nitrogens with one attached hydrogen (secondary N) is 1. The van der Waals surface area contributed by atoms with Gasteiger partial charge in [0.15, 0.2) is 0 Å². The summed E-state index contributed by atoms with van der Waals surface area (Å²) in [6.45, 7) is 8.29. The van der Waals surface area contributed by atoms with E-state index in [1.165, 1.54) is 5.56 Å². The summed E-state index contributed by atoms with van der Waals surface area (Å²) in [6.07, 6.45) is 0. The lowest BCUT2D eigenvalue weighted by Crippen LogP contribution is -2.31. The van der Waals surface area contributed by atoms with E-state index in [0.29, 0.717) is 12.2 Å². The van der Waals surface area contributed by atoms with Crippen molar-refractivity contribution in [2.24, 2.45) is 0 Å². The van der Waals surface area contributed by atoms with Gasteiger partial charge in [0.1, 0.15) is 6.61 Å². The standard InChI is InChI=1S/C14H19NO2/c1-11(2)14(16)17-10-12(3)15-9-13-7-5-4-6-8-13/h4-8,12,15H,1,9-10H2,2-3H3. The quantitative estimate of drug-likeness (QED) is 0.605. The number of hydrogen-bond donors (Lipinski definition) is 1. The zero-order valence-corrected chi connectivity index (χ0v) is 10.4. The van der Waals surface area contributed by atoms with E-state index >= 15 is 0 Å². The molecule has 1 rings (SSSR count). The van der Waals surface area contributed by atoms with Gasteiger partial charge in [-0.1, -0.05) is 36.9 Å². The average Bonchev–Trinajstić information content (AvgIpc) is 2.34. The van der Waals surface area contributed by atoms with Gasteiger partial charge >= 0.3 is 5.97 Å². The first-order valence-corrected chi connectivity index (χ1v) is 5.69. The number of benzene rings is 1. The van der Waals surface area contributed by atoms with Crippen molar-refractivity contribution in [1.82, 2.24) is 5.32 Å². The SMILES string of the molecule is C=C(C)C(=O)OCC(C)NCc1ccccc1. The van der Waals surface area contributed by atoms with Crippen LogP contribution in [0.25, 0.3) is 0 Å². The molecule has 0 aromatic heterocycles. The Kier molecular flexibility index (Phi) is 5.43. The van der Waals surface area contributed by atoms with Crippen LogP contribution in [-0.2, 0) is 16.1 Å². The predicted octanol–water partition coefficient (Wildman–Crippen LogP) is 2.28. The molecule has 1 N–H and O–H groups in total. The lowest BCUT2D eigenvalue weighted by atomic mass is 10.2. The van der Waals surface area contributed by atoms with Gasteiger partial charge in [0.25, 0.3) is 0 Å². The van der Waals surface area contributed by atoms with Gasteiger partial charge in [-0.15, -0.1) is 0 Å². The monoisotopic (exact) mass is 233 g/mol. The Labute approximate surface area is 102 Å². The third-order valence-electron chi connectivity index (χ3n) is 2.31. The largest absolute Gasteiger partial charge is 0.461 e. The molecule has 0 aliphatic carbocycles. The highest BCUT2D eigenvalue weighted by Crippen LogP contribution is 1.99. The van der Waals surface area contributed by atoms with Crippen LogP contribution in [0.5, 0.6) is 0 Å². The van der Waals surface area contributed by atoms with E-state index in [9.17, 15) is 4.79 Å². The molecular formula is C14H19NO2. The van der Waals surface area contributed by atoms with Crippen molar-refractivity contribution < 1.29 is 9.53 Å². The summed E-state index contributed by atoms with van der Waals surface area (Å²) in [5, 5.41) is 3.29. The van der Waals surface area contributed by atoms with Gasteiger partial charge in [0, 0.05) is 18.2 Å². The molecule has 17 heavy (non-hydrogen) atoms. The molecule has 0 radical (unpaired) electrons. The van der Waals surface area contributed by atoms with E-state index in [1.54, 1.807) is 6.92 Å². The second-order valence-corrected chi connectivity index (χ2v) is 4.15. The van der Waals surface area contributed by atoms with E-state index in [-0.39, 0.29) is 12.0 Å². The van der Waals surface area contributed by atoms with Crippen LogP contribution in [0.1, 0.15) is 19.4 Å². The molecule has 0 bridgehead atoms. The van der Waals surface area contributed by atoms with E-state index < -0.39 is 0 Å². The summed E-state index contributed by atoms with van der Waals surface area (Å²) in [5.74, 6) is -0.335. The Morgan fingerprint density at radius 1 is 1.41 bits per heavy atom. The summed E-state index contributed by atoms with van der Waals surface area (Å²) >= 11 is 0. The van der Waals surface area contributed by atoms with Crippen molar-refractivity contribution in [3.63, 3.8) is 0 Å². The number of carbonyl (C=O) groups is 1. The molecule has 0 fully saturated rings. The van der Waals surface area contributed by atoms with Crippen molar-refractivity contribution in [2.45, 2.75) is 26.4 Å². The van der Waals surface area contributed by atoms with Crippen molar-refractivity contribution in [3.05, 3.63) is 48.0 Å². The Balaban J connectivity index is 2.24. The molecule has 1 aromatic carbocycles. The highest BCUT2D eigenvalue weighted by atomic mass is 16.5. The first-order valence-electron chi connectivity index (χ1n) is 5.69. The second kappa shape index (κ2) is 6.86. The second-order valence-electron chi connectivity index (χ2n) is 4.15. The highest BCUT2D eigenvalue weighted by molar-refractivity contribution is 5.86. The van der Waals surface area contributed by atoms with Crippen molar-refractivity contribution in [2.75, 3.05) is 6.61 Å². The molecule has 1 unspecified atom stereocenters. The first kappa shape index (κ1) is 13.5. The van der Waals surface area contributed by atoms with Crippen LogP contribution in [0.4, 0.5) is 0 Å². The molecular weight excluding hydrogens is 214 g/mol. The fourth-order valence-corrected chi connectivity index (χ4v) is 1.27. The van der Waals surface area contributed by atoms with Crippen LogP contribution in [0.2, 0.25) is 0 Å². The summed E-state index contributed by atoms with van der Waals surface area (Å²) < 4.78 is 5.05. The van der Waals surface area contributed by atoms with Gasteiger partial charge in [0.05, 0.1) is 0 Å². The predicted molar refractivity (Wildman–Crippen MR) is 68.5 cm³/mol. The Hall–Kier alpha value is -1.61. The summed E-state index contributed by atoms with van der Waals surface area (Å²) in [4.78, 5) is 11.2. The zero-order valence-electron chi connectivity index (χ0n) is 10.4. The minimum absolute atomic E-state index is 0.124. The van der Waals surface area contributed by atoms with Crippen LogP contribution in [0.15, 0.2) is 42.5 Å². The van der Waals surface area contributed by atoms with E-state index in [4.69, 9.17) is 4.74 Å². The molecule has 0 aliphatic rings. The molecule has 3 nitrogen and oxygen atoms in total. The van der Waals surface area contributed by atoms with Gasteiger partial charge in [-0.25, -0.2) is 4.79 Å². The molecule has 0 heterocycles. The van der Waals surface area contributed by atoms with Crippen LogP contribution in [0, 0.1) is 0 Å². The summed E-state index contributed by atoms with van der Waals surface area (Å²) in [7, 11) is 0. The smallest absolute Gasteiger partial charge is 0.333 e. The fraction of sp³-hybridized carbons (Fsp3) is 0.357. The molecule has 92 valence electrons. The minimum atomic E-state index is -0.335. The minimum Gasteiger partial charge on any atom is -0.461 e. The van der Waals surface area contributed by atoms with Crippen molar-refractivity contribution in [1.29, 1.82) is 0 Å². The van der Waals surface area contributed by atoms with Gasteiger partial charge in [-0.2, -0.15) is 0 Å². The molecule has 0 amide bonds. The average molecular weight is 233 g/mol. The summed E-state index contributed by atoms with van der Waals surface area (Å²) in [6, 6.07) is 10.2. The molecule has 0 aliphatic heterocycles. The molecule has 1 aromatic rings. The van der Waals surface area contributed by atoms with Crippen LogP contribution < -0.4 is 5.32 Å². The van der Waals surface area contributed by atoms with Crippen LogP contribution in [0.3, 0.4) is 0 Å². The lowest BCUT2D eigenvalue weighted by Gasteiger charge is -2.14. The van der Waals surface area contributed by atoms with Crippen molar-refractivity contribution in [3.8, 4) is 0 Å². The van der Waals surface area contributed by atoms with E-state index in [2.05, 4.69) is 24.0 Å². The molecule has 1 atom stereocenters. The van der Waals surface area contributed by atoms with Gasteiger partial charge < -0.3 is 10.1 Å². The highest BCUT2D eigenvalue weighted by Gasteiger charge is 2.07. The molecule has 0 saturated heterocycles. The number of hydrogen-bond acceptors (Lipinski definition) is 3. The number of esters is 1. The van der Waals surface area contributed by atoms with Crippen LogP contribution in [-0.4, -0.2) is 18.6 Å². The first-order chi connectivity index (χ1) is 8.09. The maximum Gasteiger partial charge on any atom is 0.333 e.